The third kappa shape index (κ3) is 2.84. The minimum Gasteiger partial charge on any atom is -0.268 e. The molecule has 0 aliphatic heterocycles. The van der Waals surface area contributed by atoms with E-state index in [-0.39, 0.29) is 5.57 Å². The first-order valence-corrected chi connectivity index (χ1v) is 5.40. The predicted octanol–water partition coefficient (Wildman–Crippen LogP) is 2.36. The van der Waals surface area contributed by atoms with Gasteiger partial charge in [0, 0.05) is 11.8 Å². The van der Waals surface area contributed by atoms with E-state index in [1.165, 1.54) is 6.08 Å². The summed E-state index contributed by atoms with van der Waals surface area (Å²) in [6.45, 7) is 0.670. The van der Waals surface area contributed by atoms with Crippen molar-refractivity contribution in [2.45, 2.75) is 6.54 Å². The Bertz CT molecular complexity index is 622. The van der Waals surface area contributed by atoms with E-state index in [2.05, 4.69) is 5.10 Å². The van der Waals surface area contributed by atoms with Crippen LogP contribution < -0.4 is 0 Å². The zero-order valence-corrected chi connectivity index (χ0v) is 9.61. The van der Waals surface area contributed by atoms with Crippen molar-refractivity contribution in [3.63, 3.8) is 0 Å². The average Bonchev–Trinajstić information content (AvgIpc) is 2.84. The number of rotatable bonds is 3. The van der Waals surface area contributed by atoms with E-state index in [4.69, 9.17) is 10.5 Å². The molecule has 0 unspecified atom stereocenters. The molecule has 0 N–H and O–H groups in total. The van der Waals surface area contributed by atoms with E-state index in [0.717, 1.165) is 11.1 Å². The minimum absolute atomic E-state index is 0.0780. The molecule has 2 aromatic rings. The molecule has 0 radical (unpaired) electrons. The van der Waals surface area contributed by atoms with Crippen LogP contribution in [0.15, 0.2) is 48.3 Å². The second-order valence-corrected chi connectivity index (χ2v) is 3.74. The highest BCUT2D eigenvalue weighted by Gasteiger charge is 1.99. The predicted molar refractivity (Wildman–Crippen MR) is 67.0 cm³/mol. The van der Waals surface area contributed by atoms with Gasteiger partial charge in [-0.25, -0.2) is 0 Å². The Kier molecular flexibility index (Phi) is 3.53. The number of hydrogen-bond donors (Lipinski definition) is 0. The lowest BCUT2D eigenvalue weighted by molar-refractivity contribution is 0.687. The second-order valence-electron chi connectivity index (χ2n) is 3.74. The zero-order chi connectivity index (χ0) is 12.8. The van der Waals surface area contributed by atoms with Gasteiger partial charge in [0.1, 0.15) is 17.7 Å². The Labute approximate surface area is 105 Å². The Morgan fingerprint density at radius 2 is 1.94 bits per heavy atom. The number of hydrogen-bond acceptors (Lipinski definition) is 3. The van der Waals surface area contributed by atoms with Crippen LogP contribution in [0.1, 0.15) is 11.1 Å². The van der Waals surface area contributed by atoms with Gasteiger partial charge in [0.05, 0.1) is 12.7 Å². The van der Waals surface area contributed by atoms with Crippen molar-refractivity contribution in [2.24, 2.45) is 0 Å². The third-order valence-electron chi connectivity index (χ3n) is 2.39. The molecule has 86 valence electrons. The topological polar surface area (TPSA) is 65.4 Å². The summed E-state index contributed by atoms with van der Waals surface area (Å²) in [5.41, 5.74) is 1.98. The lowest BCUT2D eigenvalue weighted by atomic mass is 10.2. The van der Waals surface area contributed by atoms with Gasteiger partial charge in [0.15, 0.2) is 0 Å². The molecule has 0 bridgehead atoms. The molecule has 1 aromatic heterocycles. The highest BCUT2D eigenvalue weighted by atomic mass is 15.3. The van der Waals surface area contributed by atoms with Gasteiger partial charge in [-0.3, -0.25) is 4.68 Å². The summed E-state index contributed by atoms with van der Waals surface area (Å²) in [7, 11) is 0. The standard InChI is InChI=1S/C14H10N4/c15-7-13(8-16)6-14-9-17-18(11-14)10-12-4-2-1-3-5-12/h1-6,9,11H,10H2. The van der Waals surface area contributed by atoms with Gasteiger partial charge in [-0.2, -0.15) is 15.6 Å². The van der Waals surface area contributed by atoms with Crippen LogP contribution in [-0.2, 0) is 6.54 Å². The second kappa shape index (κ2) is 5.47. The van der Waals surface area contributed by atoms with Crippen LogP contribution in [0.3, 0.4) is 0 Å². The first-order chi connectivity index (χ1) is 8.81. The minimum atomic E-state index is 0.0780. The normalized spacial score (nSPS) is 9.22. The van der Waals surface area contributed by atoms with Crippen molar-refractivity contribution in [3.05, 3.63) is 59.4 Å². The van der Waals surface area contributed by atoms with Gasteiger partial charge in [-0.15, -0.1) is 0 Å². The fraction of sp³-hybridized carbons (Fsp3) is 0.0714. The fourth-order valence-electron chi connectivity index (χ4n) is 1.57. The van der Waals surface area contributed by atoms with Crippen LogP contribution in [0.4, 0.5) is 0 Å². The molecule has 4 nitrogen and oxygen atoms in total. The average molecular weight is 234 g/mol. The van der Waals surface area contributed by atoms with Gasteiger partial charge < -0.3 is 0 Å². The van der Waals surface area contributed by atoms with Crippen molar-refractivity contribution in [2.75, 3.05) is 0 Å². The van der Waals surface area contributed by atoms with Crippen molar-refractivity contribution in [1.82, 2.24) is 9.78 Å². The fourth-order valence-corrected chi connectivity index (χ4v) is 1.57. The van der Waals surface area contributed by atoms with E-state index in [9.17, 15) is 0 Å². The van der Waals surface area contributed by atoms with Crippen molar-refractivity contribution in [3.8, 4) is 12.1 Å². The molecule has 0 aliphatic carbocycles. The van der Waals surface area contributed by atoms with Crippen LogP contribution in [0.5, 0.6) is 0 Å². The number of nitriles is 2. The van der Waals surface area contributed by atoms with E-state index < -0.39 is 0 Å². The Morgan fingerprint density at radius 3 is 2.61 bits per heavy atom. The number of aromatic nitrogens is 2. The molecule has 18 heavy (non-hydrogen) atoms. The van der Waals surface area contributed by atoms with E-state index in [0.29, 0.717) is 6.54 Å². The van der Waals surface area contributed by atoms with Crippen LogP contribution in [0, 0.1) is 22.7 Å². The van der Waals surface area contributed by atoms with Gasteiger partial charge in [0.25, 0.3) is 0 Å². The molecule has 0 saturated carbocycles. The summed E-state index contributed by atoms with van der Waals surface area (Å²) in [4.78, 5) is 0. The maximum Gasteiger partial charge on any atom is 0.130 e. The molecule has 0 amide bonds. The van der Waals surface area contributed by atoms with Gasteiger partial charge in [-0.1, -0.05) is 30.3 Å². The quantitative estimate of drug-likeness (QED) is 0.766. The smallest absolute Gasteiger partial charge is 0.130 e. The van der Waals surface area contributed by atoms with Gasteiger partial charge in [0.2, 0.25) is 0 Å². The highest BCUT2D eigenvalue weighted by Crippen LogP contribution is 2.07. The lowest BCUT2D eigenvalue weighted by Gasteiger charge is -2.00. The summed E-state index contributed by atoms with van der Waals surface area (Å²) < 4.78 is 1.77. The summed E-state index contributed by atoms with van der Waals surface area (Å²) >= 11 is 0. The van der Waals surface area contributed by atoms with E-state index >= 15 is 0 Å². The molecule has 4 heteroatoms. The molecule has 0 spiro atoms. The van der Waals surface area contributed by atoms with E-state index in [1.807, 2.05) is 48.7 Å². The third-order valence-corrected chi connectivity index (χ3v) is 2.39. The summed E-state index contributed by atoms with van der Waals surface area (Å²) in [5.74, 6) is 0. The largest absolute Gasteiger partial charge is 0.268 e. The van der Waals surface area contributed by atoms with E-state index in [1.54, 1.807) is 10.9 Å². The molecule has 0 atom stereocenters. The first kappa shape index (κ1) is 11.6. The van der Waals surface area contributed by atoms with Crippen LogP contribution in [-0.4, -0.2) is 9.78 Å². The molecule has 0 saturated heterocycles. The van der Waals surface area contributed by atoms with Crippen LogP contribution in [0.2, 0.25) is 0 Å². The zero-order valence-electron chi connectivity index (χ0n) is 9.61. The summed E-state index contributed by atoms with van der Waals surface area (Å²) in [6, 6.07) is 13.6. The van der Waals surface area contributed by atoms with Crippen LogP contribution in [0.25, 0.3) is 6.08 Å². The number of allylic oxidation sites excluding steroid dienone is 1. The van der Waals surface area contributed by atoms with Crippen molar-refractivity contribution < 1.29 is 0 Å². The first-order valence-electron chi connectivity index (χ1n) is 5.40. The molecular formula is C14H10N4. The molecular weight excluding hydrogens is 224 g/mol. The Balaban J connectivity index is 2.15. The Hall–Kier alpha value is -2.85. The monoisotopic (exact) mass is 234 g/mol. The SMILES string of the molecule is N#CC(C#N)=Cc1cnn(Cc2ccccc2)c1. The van der Waals surface area contributed by atoms with Gasteiger partial charge in [-0.05, 0) is 11.6 Å². The maximum atomic E-state index is 8.66. The van der Waals surface area contributed by atoms with Gasteiger partial charge >= 0.3 is 0 Å². The molecule has 0 aliphatic rings. The molecule has 0 fully saturated rings. The molecule has 2 rings (SSSR count). The number of nitrogens with zero attached hydrogens (tertiary/aromatic N) is 4. The molecule has 1 heterocycles. The molecule has 1 aromatic carbocycles. The lowest BCUT2D eigenvalue weighted by Crippen LogP contribution is -1.99. The highest BCUT2D eigenvalue weighted by molar-refractivity contribution is 5.60. The number of benzene rings is 1. The van der Waals surface area contributed by atoms with Crippen molar-refractivity contribution in [1.29, 1.82) is 10.5 Å². The van der Waals surface area contributed by atoms with Crippen molar-refractivity contribution >= 4 is 6.08 Å². The summed E-state index contributed by atoms with van der Waals surface area (Å²) in [6.07, 6.45) is 4.97. The maximum absolute atomic E-state index is 8.66. The van der Waals surface area contributed by atoms with Crippen LogP contribution >= 0.6 is 0 Å². The Morgan fingerprint density at radius 1 is 1.22 bits per heavy atom. The summed E-state index contributed by atoms with van der Waals surface area (Å²) in [5, 5.41) is 21.5.